The van der Waals surface area contributed by atoms with E-state index in [4.69, 9.17) is 16.7 Å². The number of hydrogen-bond acceptors (Lipinski definition) is 3. The number of carboxylic acids is 1. The summed E-state index contributed by atoms with van der Waals surface area (Å²) in [5, 5.41) is 9.44. The van der Waals surface area contributed by atoms with Gasteiger partial charge in [-0.1, -0.05) is 25.4 Å². The second kappa shape index (κ2) is 6.36. The summed E-state index contributed by atoms with van der Waals surface area (Å²) in [4.78, 5) is 11.0. The molecular formula is C12H16ClNO4S. The molecule has 1 atom stereocenters. The van der Waals surface area contributed by atoms with E-state index >= 15 is 0 Å². The van der Waals surface area contributed by atoms with Crippen molar-refractivity contribution in [3.8, 4) is 0 Å². The molecule has 0 saturated heterocycles. The van der Waals surface area contributed by atoms with Crippen molar-refractivity contribution in [3.05, 3.63) is 29.3 Å². The van der Waals surface area contributed by atoms with Gasteiger partial charge in [-0.3, -0.25) is 4.79 Å². The van der Waals surface area contributed by atoms with Gasteiger partial charge in [0.05, 0.1) is 4.90 Å². The number of sulfonamides is 1. The number of nitrogens with one attached hydrogen (secondary N) is 1. The van der Waals surface area contributed by atoms with Gasteiger partial charge in [0.15, 0.2) is 0 Å². The average molecular weight is 306 g/mol. The van der Waals surface area contributed by atoms with Crippen molar-refractivity contribution in [1.82, 2.24) is 4.72 Å². The van der Waals surface area contributed by atoms with Crippen LogP contribution in [0.25, 0.3) is 0 Å². The highest BCUT2D eigenvalue weighted by molar-refractivity contribution is 7.89. The fraction of sp³-hybridized carbons (Fsp3) is 0.417. The minimum absolute atomic E-state index is 0.00749. The van der Waals surface area contributed by atoms with Crippen LogP contribution in [0.4, 0.5) is 0 Å². The van der Waals surface area contributed by atoms with Crippen molar-refractivity contribution in [2.75, 3.05) is 0 Å². The fourth-order valence-corrected chi connectivity index (χ4v) is 2.87. The molecule has 0 saturated carbocycles. The van der Waals surface area contributed by atoms with Crippen LogP contribution in [-0.2, 0) is 14.8 Å². The molecule has 2 N–H and O–H groups in total. The summed E-state index contributed by atoms with van der Waals surface area (Å²) in [6, 6.07) is 4.40. The Hall–Kier alpha value is -1.11. The molecule has 0 radical (unpaired) electrons. The van der Waals surface area contributed by atoms with Crippen LogP contribution in [0.1, 0.15) is 20.3 Å². The van der Waals surface area contributed by atoms with Crippen molar-refractivity contribution >= 4 is 27.6 Å². The SMILES string of the molecule is CC(C)C[C@@H](NS(=O)(=O)c1ccc(Cl)cc1)C(=O)O. The van der Waals surface area contributed by atoms with Gasteiger partial charge in [-0.25, -0.2) is 8.42 Å². The molecular weight excluding hydrogens is 290 g/mol. The minimum Gasteiger partial charge on any atom is -0.480 e. The van der Waals surface area contributed by atoms with Crippen molar-refractivity contribution in [1.29, 1.82) is 0 Å². The molecule has 7 heteroatoms. The van der Waals surface area contributed by atoms with E-state index in [1.165, 1.54) is 24.3 Å². The molecule has 0 heterocycles. The highest BCUT2D eigenvalue weighted by Gasteiger charge is 2.25. The first-order chi connectivity index (χ1) is 8.72. The van der Waals surface area contributed by atoms with Crippen molar-refractivity contribution in [3.63, 3.8) is 0 Å². The summed E-state index contributed by atoms with van der Waals surface area (Å²) in [6.07, 6.45) is 0.224. The molecule has 5 nitrogen and oxygen atoms in total. The summed E-state index contributed by atoms with van der Waals surface area (Å²) in [5.41, 5.74) is 0. The number of hydrogen-bond donors (Lipinski definition) is 2. The molecule has 19 heavy (non-hydrogen) atoms. The maximum Gasteiger partial charge on any atom is 0.321 e. The summed E-state index contributed by atoms with van der Waals surface area (Å²) in [5.74, 6) is -1.12. The lowest BCUT2D eigenvalue weighted by Gasteiger charge is -2.16. The van der Waals surface area contributed by atoms with E-state index in [1.54, 1.807) is 0 Å². The molecule has 0 amide bonds. The van der Waals surface area contributed by atoms with Gasteiger partial charge in [-0.2, -0.15) is 4.72 Å². The van der Waals surface area contributed by atoms with E-state index in [-0.39, 0.29) is 17.2 Å². The molecule has 0 aromatic heterocycles. The first kappa shape index (κ1) is 15.9. The summed E-state index contributed by atoms with van der Waals surface area (Å²) < 4.78 is 26.2. The molecule has 0 aliphatic carbocycles. The third-order valence-electron chi connectivity index (χ3n) is 2.43. The molecule has 0 aliphatic rings. The van der Waals surface area contributed by atoms with Gasteiger partial charge in [0.25, 0.3) is 0 Å². The zero-order valence-corrected chi connectivity index (χ0v) is 12.2. The van der Waals surface area contributed by atoms with Crippen LogP contribution in [0.5, 0.6) is 0 Å². The minimum atomic E-state index is -3.86. The molecule has 106 valence electrons. The van der Waals surface area contributed by atoms with E-state index in [0.717, 1.165) is 0 Å². The monoisotopic (exact) mass is 305 g/mol. The number of carboxylic acid groups (broad SMARTS) is 1. The lowest BCUT2D eigenvalue weighted by molar-refractivity contribution is -0.139. The van der Waals surface area contributed by atoms with Gasteiger partial charge in [-0.05, 0) is 36.6 Å². The Morgan fingerprint density at radius 2 is 1.84 bits per heavy atom. The highest BCUT2D eigenvalue weighted by atomic mass is 35.5. The van der Waals surface area contributed by atoms with Crippen LogP contribution < -0.4 is 4.72 Å². The molecule has 0 bridgehead atoms. The van der Waals surface area contributed by atoms with Crippen LogP contribution in [-0.4, -0.2) is 25.5 Å². The molecule has 0 aliphatic heterocycles. The number of aliphatic carboxylic acids is 1. The number of carbonyl (C=O) groups is 1. The van der Waals surface area contributed by atoms with Crippen LogP contribution in [0.3, 0.4) is 0 Å². The van der Waals surface area contributed by atoms with E-state index in [9.17, 15) is 13.2 Å². The zero-order valence-electron chi connectivity index (χ0n) is 10.6. The van der Waals surface area contributed by atoms with Crippen LogP contribution in [0, 0.1) is 5.92 Å². The average Bonchev–Trinajstić information content (AvgIpc) is 2.27. The van der Waals surface area contributed by atoms with Crippen molar-refractivity contribution in [2.45, 2.75) is 31.2 Å². The normalized spacial score (nSPS) is 13.5. The molecule has 0 fully saturated rings. The highest BCUT2D eigenvalue weighted by Crippen LogP contribution is 2.15. The summed E-state index contributed by atoms with van der Waals surface area (Å²) in [7, 11) is -3.86. The van der Waals surface area contributed by atoms with E-state index in [0.29, 0.717) is 5.02 Å². The van der Waals surface area contributed by atoms with Gasteiger partial charge in [-0.15, -0.1) is 0 Å². The predicted molar refractivity (Wildman–Crippen MR) is 72.7 cm³/mol. The van der Waals surface area contributed by atoms with Gasteiger partial charge >= 0.3 is 5.97 Å². The summed E-state index contributed by atoms with van der Waals surface area (Å²) in [6.45, 7) is 3.65. The number of benzene rings is 1. The Balaban J connectivity index is 2.94. The van der Waals surface area contributed by atoms with E-state index < -0.39 is 22.0 Å². The number of halogens is 1. The van der Waals surface area contributed by atoms with Gasteiger partial charge in [0.2, 0.25) is 10.0 Å². The second-order valence-electron chi connectivity index (χ2n) is 4.60. The smallest absolute Gasteiger partial charge is 0.321 e. The van der Waals surface area contributed by atoms with Crippen molar-refractivity contribution in [2.24, 2.45) is 5.92 Å². The predicted octanol–water partition coefficient (Wildman–Crippen LogP) is 2.12. The van der Waals surface area contributed by atoms with Gasteiger partial charge in [0, 0.05) is 5.02 Å². The zero-order chi connectivity index (χ0) is 14.6. The van der Waals surface area contributed by atoms with E-state index in [2.05, 4.69) is 4.72 Å². The Labute approximate surface area is 117 Å². The largest absolute Gasteiger partial charge is 0.480 e. The van der Waals surface area contributed by atoms with Crippen LogP contribution in [0.15, 0.2) is 29.2 Å². The van der Waals surface area contributed by atoms with Crippen LogP contribution >= 0.6 is 11.6 Å². The Morgan fingerprint density at radius 1 is 1.32 bits per heavy atom. The number of rotatable bonds is 6. The van der Waals surface area contributed by atoms with Crippen LogP contribution in [0.2, 0.25) is 5.02 Å². The van der Waals surface area contributed by atoms with Gasteiger partial charge in [0.1, 0.15) is 6.04 Å². The fourth-order valence-electron chi connectivity index (χ4n) is 1.54. The molecule has 1 aromatic rings. The third-order valence-corrected chi connectivity index (χ3v) is 4.17. The summed E-state index contributed by atoms with van der Waals surface area (Å²) >= 11 is 5.68. The quantitative estimate of drug-likeness (QED) is 0.843. The molecule has 1 aromatic carbocycles. The first-order valence-electron chi connectivity index (χ1n) is 5.73. The topological polar surface area (TPSA) is 83.5 Å². The van der Waals surface area contributed by atoms with Crippen molar-refractivity contribution < 1.29 is 18.3 Å². The lowest BCUT2D eigenvalue weighted by Crippen LogP contribution is -2.41. The maximum atomic E-state index is 12.0. The molecule has 1 rings (SSSR count). The Morgan fingerprint density at radius 3 is 2.26 bits per heavy atom. The van der Waals surface area contributed by atoms with E-state index in [1.807, 2.05) is 13.8 Å². The Kier molecular flexibility index (Phi) is 5.34. The molecule has 0 spiro atoms. The lowest BCUT2D eigenvalue weighted by atomic mass is 10.1. The van der Waals surface area contributed by atoms with Gasteiger partial charge < -0.3 is 5.11 Å². The standard InChI is InChI=1S/C12H16ClNO4S/c1-8(2)7-11(12(15)16)14-19(17,18)10-5-3-9(13)4-6-10/h3-6,8,11,14H,7H2,1-2H3,(H,15,16)/t11-/m1/s1. The third kappa shape index (κ3) is 4.81. The first-order valence-corrected chi connectivity index (χ1v) is 7.59. The maximum absolute atomic E-state index is 12.0. The molecule has 0 unspecified atom stereocenters. The second-order valence-corrected chi connectivity index (χ2v) is 6.75. The Bertz CT molecular complexity index is 539.